The molecular formula is C28H35NO5. The number of carboxylic acids is 1. The molecule has 3 aromatic rings. The lowest BCUT2D eigenvalue weighted by Crippen LogP contribution is -2.37. The largest absolute Gasteiger partial charge is 0.479 e. The Morgan fingerprint density at radius 3 is 2.59 bits per heavy atom. The van der Waals surface area contributed by atoms with E-state index in [0.29, 0.717) is 37.5 Å². The van der Waals surface area contributed by atoms with E-state index in [1.54, 1.807) is 13.8 Å². The van der Waals surface area contributed by atoms with E-state index < -0.39 is 11.6 Å². The summed E-state index contributed by atoms with van der Waals surface area (Å²) in [5.74, 6) is 1.41. The van der Waals surface area contributed by atoms with Crippen molar-refractivity contribution in [3.05, 3.63) is 53.9 Å². The van der Waals surface area contributed by atoms with Crippen molar-refractivity contribution in [1.82, 2.24) is 4.98 Å². The maximum atomic E-state index is 11.3. The second-order valence-electron chi connectivity index (χ2n) is 9.84. The first kappa shape index (κ1) is 24.4. The van der Waals surface area contributed by atoms with Gasteiger partial charge >= 0.3 is 5.97 Å². The van der Waals surface area contributed by atoms with Crippen molar-refractivity contribution in [2.24, 2.45) is 11.8 Å². The second-order valence-corrected chi connectivity index (χ2v) is 9.84. The number of fused-ring (bicyclic) bond motifs is 1. The zero-order valence-corrected chi connectivity index (χ0v) is 20.4. The van der Waals surface area contributed by atoms with Gasteiger partial charge in [0.2, 0.25) is 5.89 Å². The van der Waals surface area contributed by atoms with Gasteiger partial charge in [0, 0.05) is 18.6 Å². The maximum Gasteiger partial charge on any atom is 0.335 e. The SMILES string of the molecule is CCc1oc(-c2ccc3ccccc3c2)nc1COC[C@H]1CCCC(COC(C)(C)C(=O)O)C1. The molecule has 1 heterocycles. The molecule has 0 saturated heterocycles. The van der Waals surface area contributed by atoms with E-state index in [-0.39, 0.29) is 0 Å². The van der Waals surface area contributed by atoms with Gasteiger partial charge in [-0.1, -0.05) is 43.7 Å². The number of aromatic nitrogens is 1. The van der Waals surface area contributed by atoms with Crippen LogP contribution in [-0.4, -0.2) is 34.9 Å². The predicted molar refractivity (Wildman–Crippen MR) is 132 cm³/mol. The monoisotopic (exact) mass is 465 g/mol. The van der Waals surface area contributed by atoms with Gasteiger partial charge in [-0.25, -0.2) is 9.78 Å². The van der Waals surface area contributed by atoms with Gasteiger partial charge in [-0.15, -0.1) is 0 Å². The summed E-state index contributed by atoms with van der Waals surface area (Å²) in [6.07, 6.45) is 5.08. The Morgan fingerprint density at radius 1 is 1.12 bits per heavy atom. The third-order valence-electron chi connectivity index (χ3n) is 6.77. The number of aliphatic carboxylic acids is 1. The molecule has 1 saturated carbocycles. The van der Waals surface area contributed by atoms with Crippen LogP contribution in [0.4, 0.5) is 0 Å². The van der Waals surface area contributed by atoms with Gasteiger partial charge in [0.05, 0.1) is 13.2 Å². The van der Waals surface area contributed by atoms with E-state index in [4.69, 9.17) is 18.9 Å². The third-order valence-corrected chi connectivity index (χ3v) is 6.77. The maximum absolute atomic E-state index is 11.3. The summed E-state index contributed by atoms with van der Waals surface area (Å²) in [6.45, 7) is 6.86. The Hall–Kier alpha value is -2.70. The first-order chi connectivity index (χ1) is 16.4. The molecule has 0 spiro atoms. The molecule has 1 unspecified atom stereocenters. The molecule has 1 aliphatic carbocycles. The van der Waals surface area contributed by atoms with Gasteiger partial charge in [-0.3, -0.25) is 0 Å². The molecule has 6 nitrogen and oxygen atoms in total. The van der Waals surface area contributed by atoms with Crippen LogP contribution >= 0.6 is 0 Å². The molecule has 1 aromatic heterocycles. The highest BCUT2D eigenvalue weighted by Crippen LogP contribution is 2.31. The van der Waals surface area contributed by atoms with Gasteiger partial charge < -0.3 is 19.0 Å². The fraction of sp³-hybridized carbons (Fsp3) is 0.500. The van der Waals surface area contributed by atoms with Crippen molar-refractivity contribution in [3.8, 4) is 11.5 Å². The van der Waals surface area contributed by atoms with Crippen LogP contribution in [-0.2, 0) is 27.3 Å². The standard InChI is InChI=1S/C28H35NO5/c1-4-25-24(29-26(34-25)23-13-12-21-10-5-6-11-22(21)15-23)18-32-16-19-8-7-9-20(14-19)17-33-28(2,3)27(30)31/h5-6,10-13,15,19-20H,4,7-9,14,16-18H2,1-3H3,(H,30,31)/t19-,20?/m0/s1. The predicted octanol–water partition coefficient (Wildman–Crippen LogP) is 6.26. The lowest BCUT2D eigenvalue weighted by Gasteiger charge is -2.31. The minimum Gasteiger partial charge on any atom is -0.479 e. The van der Waals surface area contributed by atoms with Crippen LogP contribution in [0.15, 0.2) is 46.9 Å². The Labute approximate surface area is 201 Å². The Balaban J connectivity index is 1.33. The van der Waals surface area contributed by atoms with Gasteiger partial charge in [-0.05, 0) is 67.9 Å². The molecule has 182 valence electrons. The van der Waals surface area contributed by atoms with Crippen molar-refractivity contribution in [3.63, 3.8) is 0 Å². The van der Waals surface area contributed by atoms with Gasteiger partial charge in [0.25, 0.3) is 0 Å². The number of nitrogens with zero attached hydrogens (tertiary/aromatic N) is 1. The summed E-state index contributed by atoms with van der Waals surface area (Å²) < 4.78 is 17.9. The summed E-state index contributed by atoms with van der Waals surface area (Å²) >= 11 is 0. The molecule has 1 fully saturated rings. The van der Waals surface area contributed by atoms with Crippen LogP contribution in [0.5, 0.6) is 0 Å². The van der Waals surface area contributed by atoms with E-state index in [1.807, 2.05) is 18.2 Å². The highest BCUT2D eigenvalue weighted by molar-refractivity contribution is 5.86. The number of carboxylic acid groups (broad SMARTS) is 1. The average molecular weight is 466 g/mol. The Morgan fingerprint density at radius 2 is 1.85 bits per heavy atom. The molecule has 0 bridgehead atoms. The topological polar surface area (TPSA) is 81.8 Å². The molecule has 0 amide bonds. The van der Waals surface area contributed by atoms with Crippen LogP contribution in [0.2, 0.25) is 0 Å². The van der Waals surface area contributed by atoms with E-state index in [2.05, 4.69) is 31.2 Å². The van der Waals surface area contributed by atoms with Crippen LogP contribution in [0.3, 0.4) is 0 Å². The quantitative estimate of drug-likeness (QED) is 0.381. The molecule has 4 rings (SSSR count). The molecule has 0 aliphatic heterocycles. The number of aryl methyl sites for hydroxylation is 1. The zero-order valence-electron chi connectivity index (χ0n) is 20.4. The molecule has 2 aromatic carbocycles. The molecule has 1 N–H and O–H groups in total. The molecule has 0 radical (unpaired) electrons. The summed E-state index contributed by atoms with van der Waals surface area (Å²) in [4.78, 5) is 16.0. The average Bonchev–Trinajstić information content (AvgIpc) is 3.26. The highest BCUT2D eigenvalue weighted by atomic mass is 16.5. The number of benzene rings is 2. The van der Waals surface area contributed by atoms with Gasteiger partial charge in [0.15, 0.2) is 5.60 Å². The van der Waals surface area contributed by atoms with Gasteiger partial charge in [-0.2, -0.15) is 0 Å². The molecular weight excluding hydrogens is 430 g/mol. The number of rotatable bonds is 10. The summed E-state index contributed by atoms with van der Waals surface area (Å²) in [5.41, 5.74) is 0.694. The van der Waals surface area contributed by atoms with E-state index >= 15 is 0 Å². The first-order valence-electron chi connectivity index (χ1n) is 12.3. The summed E-state index contributed by atoms with van der Waals surface area (Å²) in [7, 11) is 0. The van der Waals surface area contributed by atoms with Crippen molar-refractivity contribution >= 4 is 16.7 Å². The Bertz CT molecular complexity index is 1120. The second kappa shape index (κ2) is 10.7. The van der Waals surface area contributed by atoms with Crippen molar-refractivity contribution in [1.29, 1.82) is 0 Å². The molecule has 34 heavy (non-hydrogen) atoms. The molecule has 2 atom stereocenters. The van der Waals surface area contributed by atoms with Crippen molar-refractivity contribution in [2.45, 2.75) is 65.1 Å². The molecule has 6 heteroatoms. The van der Waals surface area contributed by atoms with Crippen molar-refractivity contribution < 1.29 is 23.8 Å². The van der Waals surface area contributed by atoms with Crippen molar-refractivity contribution in [2.75, 3.05) is 13.2 Å². The zero-order chi connectivity index (χ0) is 24.1. The van der Waals surface area contributed by atoms with Crippen LogP contribution in [0, 0.1) is 11.8 Å². The highest BCUT2D eigenvalue weighted by Gasteiger charge is 2.30. The number of carbonyl (C=O) groups is 1. The lowest BCUT2D eigenvalue weighted by atomic mass is 9.82. The Kier molecular flexibility index (Phi) is 7.69. The minimum atomic E-state index is -1.14. The minimum absolute atomic E-state index is 0.374. The summed E-state index contributed by atoms with van der Waals surface area (Å²) in [5, 5.41) is 11.6. The number of hydrogen-bond donors (Lipinski definition) is 1. The summed E-state index contributed by atoms with van der Waals surface area (Å²) in [6, 6.07) is 14.5. The van der Waals surface area contributed by atoms with Crippen LogP contribution in [0.25, 0.3) is 22.2 Å². The normalized spacial score (nSPS) is 18.9. The number of hydrogen-bond acceptors (Lipinski definition) is 5. The number of ether oxygens (including phenoxy) is 2. The fourth-order valence-electron chi connectivity index (χ4n) is 4.63. The van der Waals surface area contributed by atoms with Crippen LogP contribution < -0.4 is 0 Å². The molecule has 1 aliphatic rings. The van der Waals surface area contributed by atoms with E-state index in [9.17, 15) is 9.90 Å². The smallest absolute Gasteiger partial charge is 0.335 e. The third kappa shape index (κ3) is 5.86. The fourth-order valence-corrected chi connectivity index (χ4v) is 4.63. The van der Waals surface area contributed by atoms with E-state index in [0.717, 1.165) is 54.5 Å². The number of oxazole rings is 1. The first-order valence-corrected chi connectivity index (χ1v) is 12.3. The van der Waals surface area contributed by atoms with Crippen LogP contribution in [0.1, 0.15) is 57.9 Å². The van der Waals surface area contributed by atoms with Gasteiger partial charge in [0.1, 0.15) is 11.5 Å². The van der Waals surface area contributed by atoms with E-state index in [1.165, 1.54) is 5.39 Å². The lowest BCUT2D eigenvalue weighted by molar-refractivity contribution is -0.163.